The largest absolute Gasteiger partial charge is 0.497 e. The van der Waals surface area contributed by atoms with Crippen LogP contribution in [-0.4, -0.2) is 54.2 Å². The molecule has 0 saturated carbocycles. The SMILES string of the molecule is COc1ccc([C@@H]2CN(C(=O)c3ccc(OC)cn3)C[C@H]2C(=O)O)cc1. The Morgan fingerprint density at radius 2 is 1.69 bits per heavy atom. The van der Waals surface area contributed by atoms with Crippen LogP contribution in [0.25, 0.3) is 0 Å². The molecule has 2 atom stereocenters. The fraction of sp³-hybridized carbons (Fsp3) is 0.316. The third kappa shape index (κ3) is 3.46. The normalized spacial score (nSPS) is 19.2. The minimum atomic E-state index is -0.913. The lowest BCUT2D eigenvalue weighted by molar-refractivity contribution is -0.141. The molecule has 2 heterocycles. The van der Waals surface area contributed by atoms with Crippen molar-refractivity contribution >= 4 is 11.9 Å². The molecular formula is C19H20N2O5. The summed E-state index contributed by atoms with van der Waals surface area (Å²) in [6.07, 6.45) is 1.47. The minimum absolute atomic E-state index is 0.151. The number of methoxy groups -OCH3 is 2. The van der Waals surface area contributed by atoms with Crippen molar-refractivity contribution in [3.05, 3.63) is 53.9 Å². The van der Waals surface area contributed by atoms with E-state index < -0.39 is 11.9 Å². The predicted octanol–water partition coefficient (Wildman–Crippen LogP) is 2.04. The maximum absolute atomic E-state index is 12.7. The molecule has 136 valence electrons. The van der Waals surface area contributed by atoms with Crippen molar-refractivity contribution in [1.82, 2.24) is 9.88 Å². The second kappa shape index (κ2) is 7.43. The molecule has 1 aromatic carbocycles. The molecule has 1 aliphatic rings. The predicted molar refractivity (Wildman–Crippen MR) is 93.6 cm³/mol. The molecule has 7 heteroatoms. The van der Waals surface area contributed by atoms with Crippen molar-refractivity contribution in [1.29, 1.82) is 0 Å². The van der Waals surface area contributed by atoms with Crippen LogP contribution in [0.5, 0.6) is 11.5 Å². The number of carboxylic acid groups (broad SMARTS) is 1. The highest BCUT2D eigenvalue weighted by Crippen LogP contribution is 2.34. The maximum Gasteiger partial charge on any atom is 0.308 e. The van der Waals surface area contributed by atoms with Crippen LogP contribution >= 0.6 is 0 Å². The van der Waals surface area contributed by atoms with E-state index in [0.717, 1.165) is 5.56 Å². The maximum atomic E-state index is 12.7. The van der Waals surface area contributed by atoms with Gasteiger partial charge >= 0.3 is 5.97 Å². The summed E-state index contributed by atoms with van der Waals surface area (Å²) in [5, 5.41) is 9.59. The van der Waals surface area contributed by atoms with E-state index in [9.17, 15) is 14.7 Å². The van der Waals surface area contributed by atoms with Crippen LogP contribution in [-0.2, 0) is 4.79 Å². The van der Waals surface area contributed by atoms with Gasteiger partial charge in [0, 0.05) is 19.0 Å². The molecule has 1 saturated heterocycles. The van der Waals surface area contributed by atoms with Gasteiger partial charge in [0.05, 0.1) is 26.3 Å². The van der Waals surface area contributed by atoms with Crippen molar-refractivity contribution in [3.63, 3.8) is 0 Å². The first-order valence-corrected chi connectivity index (χ1v) is 8.19. The summed E-state index contributed by atoms with van der Waals surface area (Å²) in [5.74, 6) is -0.874. The average molecular weight is 356 g/mol. The lowest BCUT2D eigenvalue weighted by atomic mass is 9.89. The number of aromatic nitrogens is 1. The Labute approximate surface area is 151 Å². The van der Waals surface area contributed by atoms with Gasteiger partial charge in [-0.05, 0) is 29.8 Å². The number of likely N-dealkylation sites (tertiary alicyclic amines) is 1. The van der Waals surface area contributed by atoms with E-state index in [-0.39, 0.29) is 24.1 Å². The minimum Gasteiger partial charge on any atom is -0.497 e. The van der Waals surface area contributed by atoms with Gasteiger partial charge in [-0.15, -0.1) is 0 Å². The topological polar surface area (TPSA) is 89.0 Å². The van der Waals surface area contributed by atoms with E-state index in [1.54, 1.807) is 36.3 Å². The molecule has 0 unspecified atom stereocenters. The zero-order chi connectivity index (χ0) is 18.7. The quantitative estimate of drug-likeness (QED) is 0.882. The zero-order valence-electron chi connectivity index (χ0n) is 14.6. The molecule has 7 nitrogen and oxygen atoms in total. The Morgan fingerprint density at radius 3 is 2.23 bits per heavy atom. The van der Waals surface area contributed by atoms with Gasteiger partial charge in [-0.2, -0.15) is 0 Å². The fourth-order valence-electron chi connectivity index (χ4n) is 3.20. The molecule has 3 rings (SSSR count). The van der Waals surface area contributed by atoms with Gasteiger partial charge in [0.15, 0.2) is 0 Å². The van der Waals surface area contributed by atoms with Gasteiger partial charge in [-0.1, -0.05) is 12.1 Å². The number of carbonyl (C=O) groups excluding carboxylic acids is 1. The van der Waals surface area contributed by atoms with Crippen LogP contribution in [0.4, 0.5) is 0 Å². The smallest absolute Gasteiger partial charge is 0.308 e. The first-order chi connectivity index (χ1) is 12.5. The highest BCUT2D eigenvalue weighted by atomic mass is 16.5. The lowest BCUT2D eigenvalue weighted by Crippen LogP contribution is -2.30. The van der Waals surface area contributed by atoms with Crippen LogP contribution in [0.1, 0.15) is 22.0 Å². The first-order valence-electron chi connectivity index (χ1n) is 8.19. The summed E-state index contributed by atoms with van der Waals surface area (Å²) in [7, 11) is 3.10. The van der Waals surface area contributed by atoms with E-state index in [1.165, 1.54) is 13.3 Å². The number of amides is 1. The highest BCUT2D eigenvalue weighted by molar-refractivity contribution is 5.93. The van der Waals surface area contributed by atoms with Crippen molar-refractivity contribution in [2.75, 3.05) is 27.3 Å². The molecule has 1 aromatic heterocycles. The molecule has 1 amide bonds. The Morgan fingerprint density at radius 1 is 1.04 bits per heavy atom. The average Bonchev–Trinajstić information content (AvgIpc) is 3.13. The number of hydrogen-bond donors (Lipinski definition) is 1. The Kier molecular flexibility index (Phi) is 5.06. The highest BCUT2D eigenvalue weighted by Gasteiger charge is 2.40. The van der Waals surface area contributed by atoms with Crippen LogP contribution < -0.4 is 9.47 Å². The van der Waals surface area contributed by atoms with E-state index in [1.807, 2.05) is 12.1 Å². The van der Waals surface area contributed by atoms with Crippen LogP contribution in [0.15, 0.2) is 42.6 Å². The number of nitrogens with zero attached hydrogens (tertiary/aromatic N) is 2. The van der Waals surface area contributed by atoms with Crippen molar-refractivity contribution in [2.45, 2.75) is 5.92 Å². The van der Waals surface area contributed by atoms with Gasteiger partial charge in [0.25, 0.3) is 5.91 Å². The molecule has 0 spiro atoms. The molecule has 0 bridgehead atoms. The number of hydrogen-bond acceptors (Lipinski definition) is 5. The van der Waals surface area contributed by atoms with E-state index in [2.05, 4.69) is 4.98 Å². The first kappa shape index (κ1) is 17.7. The van der Waals surface area contributed by atoms with E-state index in [0.29, 0.717) is 18.0 Å². The Balaban J connectivity index is 1.81. The number of rotatable bonds is 5. The van der Waals surface area contributed by atoms with Crippen LogP contribution in [0.2, 0.25) is 0 Å². The number of pyridine rings is 1. The van der Waals surface area contributed by atoms with Gasteiger partial charge in [0.1, 0.15) is 17.2 Å². The second-order valence-corrected chi connectivity index (χ2v) is 6.12. The number of benzene rings is 1. The summed E-state index contributed by atoms with van der Waals surface area (Å²) in [6.45, 7) is 0.481. The summed E-state index contributed by atoms with van der Waals surface area (Å²) in [5.41, 5.74) is 1.14. The van der Waals surface area contributed by atoms with E-state index in [4.69, 9.17) is 9.47 Å². The van der Waals surface area contributed by atoms with Crippen molar-refractivity contribution < 1.29 is 24.2 Å². The Bertz CT molecular complexity index is 789. The van der Waals surface area contributed by atoms with Gasteiger partial charge in [-0.3, -0.25) is 9.59 Å². The van der Waals surface area contributed by atoms with E-state index >= 15 is 0 Å². The summed E-state index contributed by atoms with van der Waals surface area (Å²) in [6, 6.07) is 10.5. The number of carbonyl (C=O) groups is 2. The third-order valence-corrected chi connectivity index (χ3v) is 4.66. The summed E-state index contributed by atoms with van der Waals surface area (Å²) in [4.78, 5) is 30.1. The van der Waals surface area contributed by atoms with Crippen molar-refractivity contribution in [2.24, 2.45) is 5.92 Å². The third-order valence-electron chi connectivity index (χ3n) is 4.66. The van der Waals surface area contributed by atoms with Gasteiger partial charge < -0.3 is 19.5 Å². The molecule has 2 aromatic rings. The number of aliphatic carboxylic acids is 1. The second-order valence-electron chi connectivity index (χ2n) is 6.12. The summed E-state index contributed by atoms with van der Waals surface area (Å²) < 4.78 is 10.2. The number of ether oxygens (including phenoxy) is 2. The molecule has 1 N–H and O–H groups in total. The molecule has 1 fully saturated rings. The monoisotopic (exact) mass is 356 g/mol. The van der Waals surface area contributed by atoms with Crippen LogP contribution in [0.3, 0.4) is 0 Å². The molecule has 0 radical (unpaired) electrons. The van der Waals surface area contributed by atoms with Gasteiger partial charge in [-0.25, -0.2) is 4.98 Å². The summed E-state index contributed by atoms with van der Waals surface area (Å²) >= 11 is 0. The molecular weight excluding hydrogens is 336 g/mol. The zero-order valence-corrected chi connectivity index (χ0v) is 14.6. The fourth-order valence-corrected chi connectivity index (χ4v) is 3.20. The molecule has 0 aliphatic carbocycles. The van der Waals surface area contributed by atoms with Crippen LogP contribution in [0, 0.1) is 5.92 Å². The molecule has 1 aliphatic heterocycles. The standard InChI is InChI=1S/C19H20N2O5/c1-25-13-5-3-12(4-6-13)15-10-21(11-16(15)19(23)24)18(22)17-8-7-14(26-2)9-20-17/h3-9,15-16H,10-11H2,1-2H3,(H,23,24)/t15-,16+/m0/s1. The Hall–Kier alpha value is -3.09. The van der Waals surface area contributed by atoms with Crippen molar-refractivity contribution in [3.8, 4) is 11.5 Å². The number of carboxylic acids is 1. The molecule has 26 heavy (non-hydrogen) atoms. The lowest BCUT2D eigenvalue weighted by Gasteiger charge is -2.16. The van der Waals surface area contributed by atoms with Gasteiger partial charge in [0.2, 0.25) is 0 Å².